The number of hydrogen-bond donors (Lipinski definition) is 0. The Morgan fingerprint density at radius 2 is 0.959 bits per heavy atom. The van der Waals surface area contributed by atoms with Crippen LogP contribution in [0.1, 0.15) is 62.1 Å². The second kappa shape index (κ2) is 12.8. The molecule has 0 radical (unpaired) electrons. The highest BCUT2D eigenvalue weighted by Crippen LogP contribution is 2.32. The molecule has 0 fully saturated rings. The molecular weight excluding hydrogens is 622 g/mol. The summed E-state index contributed by atoms with van der Waals surface area (Å²) in [4.78, 5) is 79.5. The minimum atomic E-state index is -0.901. The number of rotatable bonds is 9. The lowest BCUT2D eigenvalue weighted by molar-refractivity contribution is 0.0472. The second-order valence-electron chi connectivity index (χ2n) is 11.3. The highest BCUT2D eigenvalue weighted by molar-refractivity contribution is 6.35. The van der Waals surface area contributed by atoms with Crippen molar-refractivity contribution in [3.63, 3.8) is 0 Å². The summed E-state index contributed by atoms with van der Waals surface area (Å²) < 4.78 is 10.6. The van der Waals surface area contributed by atoms with Crippen molar-refractivity contribution in [2.24, 2.45) is 0 Å². The molecule has 9 nitrogen and oxygen atoms in total. The number of anilines is 1. The minimum absolute atomic E-state index is 0.0171. The third-order valence-corrected chi connectivity index (χ3v) is 8.30. The van der Waals surface area contributed by atoms with Crippen molar-refractivity contribution in [1.82, 2.24) is 0 Å². The Labute approximate surface area is 279 Å². The summed E-state index contributed by atoms with van der Waals surface area (Å²) in [6.07, 6.45) is 0. The predicted octanol–water partition coefficient (Wildman–Crippen LogP) is 6.87. The number of imide groups is 1. The van der Waals surface area contributed by atoms with E-state index in [0.29, 0.717) is 11.1 Å². The summed E-state index contributed by atoms with van der Waals surface area (Å²) in [7, 11) is 0. The molecule has 0 atom stereocenters. The van der Waals surface area contributed by atoms with Crippen LogP contribution in [0.25, 0.3) is 21.5 Å². The molecule has 9 heteroatoms. The first kappa shape index (κ1) is 30.9. The summed E-state index contributed by atoms with van der Waals surface area (Å²) in [5, 5.41) is 3.66. The van der Waals surface area contributed by atoms with E-state index in [0.717, 1.165) is 26.4 Å². The minimum Gasteiger partial charge on any atom is -0.454 e. The molecule has 6 aromatic rings. The number of esters is 2. The van der Waals surface area contributed by atoms with Gasteiger partial charge in [0.25, 0.3) is 11.8 Å². The molecule has 49 heavy (non-hydrogen) atoms. The number of ether oxygens (including phenoxy) is 2. The van der Waals surface area contributed by atoms with Gasteiger partial charge in [-0.15, -0.1) is 0 Å². The first-order chi connectivity index (χ1) is 23.8. The van der Waals surface area contributed by atoms with Gasteiger partial charge in [0.05, 0.1) is 27.9 Å². The van der Waals surface area contributed by atoms with Crippen LogP contribution in [0.2, 0.25) is 0 Å². The fraction of sp³-hybridized carbons (Fsp3) is 0.0500. The zero-order valence-electron chi connectivity index (χ0n) is 25.8. The highest BCUT2D eigenvalue weighted by Gasteiger charge is 2.39. The molecule has 6 aromatic carbocycles. The molecule has 1 aliphatic rings. The standard InChI is InChI=1S/C40H25NO8/c42-35(28-15-13-24-7-1-3-9-26(24)19-28)22-48-39(46)30-17-18-31-33(21-30)38(45)41(37(31)44)34-12-6-5-11-32(34)40(47)49-23-36(43)29-16-14-25-8-2-4-10-27(25)20-29/h1-21H,22-23H2. The lowest BCUT2D eigenvalue weighted by Gasteiger charge is -2.17. The van der Waals surface area contributed by atoms with Crippen molar-refractivity contribution in [3.05, 3.63) is 161 Å². The fourth-order valence-electron chi connectivity index (χ4n) is 5.74. The van der Waals surface area contributed by atoms with Gasteiger partial charge in [0.2, 0.25) is 0 Å². The van der Waals surface area contributed by atoms with E-state index in [-0.39, 0.29) is 27.9 Å². The molecule has 0 saturated carbocycles. The lowest BCUT2D eigenvalue weighted by atomic mass is 10.0. The van der Waals surface area contributed by atoms with Crippen molar-refractivity contribution in [2.75, 3.05) is 18.1 Å². The van der Waals surface area contributed by atoms with Crippen LogP contribution in [0, 0.1) is 0 Å². The van der Waals surface area contributed by atoms with Crippen molar-refractivity contribution in [2.45, 2.75) is 0 Å². The van der Waals surface area contributed by atoms with Crippen LogP contribution in [0.4, 0.5) is 5.69 Å². The van der Waals surface area contributed by atoms with E-state index in [1.54, 1.807) is 36.4 Å². The lowest BCUT2D eigenvalue weighted by Crippen LogP contribution is -2.31. The summed E-state index contributed by atoms with van der Waals surface area (Å²) in [5.74, 6) is -4.05. The van der Waals surface area contributed by atoms with Gasteiger partial charge < -0.3 is 9.47 Å². The van der Waals surface area contributed by atoms with Crippen LogP contribution in [-0.4, -0.2) is 48.5 Å². The molecular formula is C40H25NO8. The van der Waals surface area contributed by atoms with E-state index in [2.05, 4.69) is 0 Å². The van der Waals surface area contributed by atoms with Gasteiger partial charge in [0.1, 0.15) is 0 Å². The molecule has 0 saturated heterocycles. The average Bonchev–Trinajstić information content (AvgIpc) is 3.39. The Morgan fingerprint density at radius 1 is 0.469 bits per heavy atom. The normalized spacial score (nSPS) is 12.2. The molecule has 0 unspecified atom stereocenters. The van der Waals surface area contributed by atoms with E-state index in [1.807, 2.05) is 54.6 Å². The van der Waals surface area contributed by atoms with E-state index in [9.17, 15) is 28.8 Å². The highest BCUT2D eigenvalue weighted by atomic mass is 16.5. The number of Topliss-reactive ketones (excluding diaryl/α,β-unsaturated/α-hetero) is 2. The molecule has 0 bridgehead atoms. The van der Waals surface area contributed by atoms with Crippen molar-refractivity contribution >= 4 is 62.6 Å². The van der Waals surface area contributed by atoms with Crippen LogP contribution in [0.5, 0.6) is 0 Å². The Hall–Kier alpha value is -6.74. The Bertz CT molecular complexity index is 2380. The maximum absolute atomic E-state index is 13.6. The average molecular weight is 648 g/mol. The molecule has 0 spiro atoms. The third-order valence-electron chi connectivity index (χ3n) is 8.30. The second-order valence-corrected chi connectivity index (χ2v) is 11.3. The Morgan fingerprint density at radius 3 is 1.57 bits per heavy atom. The molecule has 0 N–H and O–H groups in total. The van der Waals surface area contributed by atoms with Crippen molar-refractivity contribution < 1.29 is 38.2 Å². The number of amides is 2. The van der Waals surface area contributed by atoms with E-state index < -0.39 is 48.5 Å². The van der Waals surface area contributed by atoms with Gasteiger partial charge in [-0.3, -0.25) is 19.2 Å². The van der Waals surface area contributed by atoms with Gasteiger partial charge in [0, 0.05) is 11.1 Å². The molecule has 2 amide bonds. The van der Waals surface area contributed by atoms with E-state index in [1.165, 1.54) is 36.4 Å². The number of carbonyl (C=O) groups is 6. The number of ketones is 2. The summed E-state index contributed by atoms with van der Waals surface area (Å²) in [5.41, 5.74) is 0.517. The first-order valence-electron chi connectivity index (χ1n) is 15.3. The zero-order chi connectivity index (χ0) is 34.1. The number of para-hydroxylation sites is 1. The maximum atomic E-state index is 13.6. The predicted molar refractivity (Wildman–Crippen MR) is 181 cm³/mol. The van der Waals surface area contributed by atoms with Crippen molar-refractivity contribution in [1.29, 1.82) is 0 Å². The zero-order valence-corrected chi connectivity index (χ0v) is 25.8. The number of nitrogens with zero attached hydrogens (tertiary/aromatic N) is 1. The summed E-state index contributed by atoms with van der Waals surface area (Å²) >= 11 is 0. The van der Waals surface area contributed by atoms with Gasteiger partial charge in [-0.25, -0.2) is 14.5 Å². The van der Waals surface area contributed by atoms with Gasteiger partial charge in [0.15, 0.2) is 24.8 Å². The third kappa shape index (κ3) is 5.96. The van der Waals surface area contributed by atoms with Gasteiger partial charge in [-0.2, -0.15) is 0 Å². The number of fused-ring (bicyclic) bond motifs is 3. The quantitative estimate of drug-likeness (QED) is 0.0946. The Kier molecular flexibility index (Phi) is 8.07. The number of benzene rings is 6. The molecule has 238 valence electrons. The Balaban J connectivity index is 1.04. The van der Waals surface area contributed by atoms with Gasteiger partial charge >= 0.3 is 11.9 Å². The van der Waals surface area contributed by atoms with Gasteiger partial charge in [-0.05, 0) is 64.0 Å². The summed E-state index contributed by atoms with van der Waals surface area (Å²) in [6, 6.07) is 35.2. The van der Waals surface area contributed by atoms with Gasteiger partial charge in [-0.1, -0.05) is 84.9 Å². The van der Waals surface area contributed by atoms with E-state index >= 15 is 0 Å². The monoisotopic (exact) mass is 647 g/mol. The van der Waals surface area contributed by atoms with E-state index in [4.69, 9.17) is 9.47 Å². The maximum Gasteiger partial charge on any atom is 0.340 e. The topological polar surface area (TPSA) is 124 Å². The number of hydrogen-bond acceptors (Lipinski definition) is 8. The largest absolute Gasteiger partial charge is 0.454 e. The van der Waals surface area contributed by atoms with Crippen LogP contribution in [0.3, 0.4) is 0 Å². The van der Waals surface area contributed by atoms with Crippen LogP contribution >= 0.6 is 0 Å². The van der Waals surface area contributed by atoms with Crippen LogP contribution in [0.15, 0.2) is 127 Å². The number of carbonyl (C=O) groups excluding carboxylic acids is 6. The molecule has 0 aliphatic carbocycles. The molecule has 7 rings (SSSR count). The first-order valence-corrected chi connectivity index (χ1v) is 15.3. The molecule has 1 heterocycles. The smallest absolute Gasteiger partial charge is 0.340 e. The van der Waals surface area contributed by atoms with Crippen molar-refractivity contribution in [3.8, 4) is 0 Å². The fourth-order valence-corrected chi connectivity index (χ4v) is 5.74. The molecule has 0 aromatic heterocycles. The SMILES string of the molecule is O=C(COC(=O)c1ccc2c(c1)C(=O)N(c1ccccc1C(=O)OCC(=O)c1ccc3ccccc3c1)C2=O)c1ccc2ccccc2c1. The summed E-state index contributed by atoms with van der Waals surface area (Å²) in [6.45, 7) is -1.07. The van der Waals surface area contributed by atoms with Crippen LogP contribution < -0.4 is 4.90 Å². The van der Waals surface area contributed by atoms with Crippen LogP contribution in [-0.2, 0) is 9.47 Å². The molecule has 1 aliphatic heterocycles.